The zero-order chi connectivity index (χ0) is 11.7. The molecule has 0 radical (unpaired) electrons. The summed E-state index contributed by atoms with van der Waals surface area (Å²) in [5.74, 6) is 1.05. The number of rotatable bonds is 2. The molecule has 2 heterocycles. The molecule has 0 N–H and O–H groups in total. The molecule has 0 saturated carbocycles. The van der Waals surface area contributed by atoms with Crippen molar-refractivity contribution < 1.29 is 14.3 Å². The lowest BCUT2D eigenvalue weighted by atomic mass is 9.98. The van der Waals surface area contributed by atoms with Crippen molar-refractivity contribution in [1.82, 2.24) is 0 Å². The van der Waals surface area contributed by atoms with E-state index in [1.165, 1.54) is 0 Å². The highest BCUT2D eigenvalue weighted by Crippen LogP contribution is 2.27. The van der Waals surface area contributed by atoms with Crippen LogP contribution in [0.2, 0.25) is 0 Å². The van der Waals surface area contributed by atoms with E-state index in [4.69, 9.17) is 9.47 Å². The van der Waals surface area contributed by atoms with Crippen molar-refractivity contribution in [3.05, 3.63) is 29.3 Å². The summed E-state index contributed by atoms with van der Waals surface area (Å²) in [6, 6.07) is 5.71. The molecule has 0 spiro atoms. The van der Waals surface area contributed by atoms with Gasteiger partial charge < -0.3 is 9.47 Å². The number of carbonyl (C=O) groups is 1. The molecular weight excluding hydrogens is 216 g/mol. The number of carbonyl (C=O) groups excluding carboxylic acids is 1. The monoisotopic (exact) mass is 232 g/mol. The first-order chi connectivity index (χ1) is 8.34. The average Bonchev–Trinajstić information content (AvgIpc) is 2.86. The SMILES string of the molecule is O=C(c1ccc2c(c1)CCO2)C1CCCCO1. The summed E-state index contributed by atoms with van der Waals surface area (Å²) >= 11 is 0. The fourth-order valence-electron chi connectivity index (χ4n) is 2.47. The van der Waals surface area contributed by atoms with Crippen molar-refractivity contribution in [2.75, 3.05) is 13.2 Å². The molecule has 1 unspecified atom stereocenters. The lowest BCUT2D eigenvalue weighted by Gasteiger charge is -2.21. The first-order valence-corrected chi connectivity index (χ1v) is 6.26. The lowest BCUT2D eigenvalue weighted by molar-refractivity contribution is 0.0186. The van der Waals surface area contributed by atoms with Gasteiger partial charge in [-0.3, -0.25) is 4.79 Å². The molecule has 3 heteroatoms. The highest BCUT2D eigenvalue weighted by atomic mass is 16.5. The Bertz CT molecular complexity index is 433. The summed E-state index contributed by atoms with van der Waals surface area (Å²) in [5.41, 5.74) is 1.91. The normalized spacial score (nSPS) is 22.9. The Labute approximate surface area is 101 Å². The van der Waals surface area contributed by atoms with E-state index in [9.17, 15) is 4.79 Å². The summed E-state index contributed by atoms with van der Waals surface area (Å²) in [6.45, 7) is 1.44. The Hall–Kier alpha value is -1.35. The Morgan fingerprint density at radius 3 is 3.00 bits per heavy atom. The summed E-state index contributed by atoms with van der Waals surface area (Å²) in [6.07, 6.45) is 3.69. The van der Waals surface area contributed by atoms with Gasteiger partial charge in [0.25, 0.3) is 0 Å². The van der Waals surface area contributed by atoms with Gasteiger partial charge in [-0.2, -0.15) is 0 Å². The van der Waals surface area contributed by atoms with Gasteiger partial charge in [-0.1, -0.05) is 0 Å². The number of ketones is 1. The molecule has 2 aliphatic rings. The van der Waals surface area contributed by atoms with E-state index in [1.54, 1.807) is 0 Å². The molecule has 0 bridgehead atoms. The fraction of sp³-hybridized carbons (Fsp3) is 0.500. The molecule has 0 amide bonds. The standard InChI is InChI=1S/C14H16O3/c15-14(13-3-1-2-7-16-13)11-4-5-12-10(9-11)6-8-17-12/h4-5,9,13H,1-3,6-8H2. The first-order valence-electron chi connectivity index (χ1n) is 6.26. The second-order valence-electron chi connectivity index (χ2n) is 4.64. The highest BCUT2D eigenvalue weighted by molar-refractivity contribution is 5.99. The van der Waals surface area contributed by atoms with Gasteiger partial charge in [0.15, 0.2) is 5.78 Å². The number of ether oxygens (including phenoxy) is 2. The zero-order valence-corrected chi connectivity index (χ0v) is 9.78. The predicted octanol–water partition coefficient (Wildman–Crippen LogP) is 2.37. The zero-order valence-electron chi connectivity index (χ0n) is 9.78. The van der Waals surface area contributed by atoms with Gasteiger partial charge in [-0.15, -0.1) is 0 Å². The van der Waals surface area contributed by atoms with Crippen LogP contribution in [0.25, 0.3) is 0 Å². The molecule has 1 fully saturated rings. The minimum atomic E-state index is -0.232. The van der Waals surface area contributed by atoms with Gasteiger partial charge >= 0.3 is 0 Å². The largest absolute Gasteiger partial charge is 0.493 e. The number of hydrogen-bond donors (Lipinski definition) is 0. The average molecular weight is 232 g/mol. The maximum Gasteiger partial charge on any atom is 0.191 e. The molecule has 1 saturated heterocycles. The Kier molecular flexibility index (Phi) is 2.85. The maximum absolute atomic E-state index is 12.2. The van der Waals surface area contributed by atoms with Crippen molar-refractivity contribution in [1.29, 1.82) is 0 Å². The van der Waals surface area contributed by atoms with E-state index >= 15 is 0 Å². The maximum atomic E-state index is 12.2. The molecule has 2 aliphatic heterocycles. The van der Waals surface area contributed by atoms with Crippen LogP contribution in [0.15, 0.2) is 18.2 Å². The summed E-state index contributed by atoms with van der Waals surface area (Å²) in [5, 5.41) is 0. The summed E-state index contributed by atoms with van der Waals surface area (Å²) in [4.78, 5) is 12.2. The van der Waals surface area contributed by atoms with E-state index in [0.717, 1.165) is 49.2 Å². The van der Waals surface area contributed by atoms with Crippen LogP contribution in [0.5, 0.6) is 5.75 Å². The summed E-state index contributed by atoms with van der Waals surface area (Å²) in [7, 11) is 0. The van der Waals surface area contributed by atoms with Crippen LogP contribution in [-0.2, 0) is 11.2 Å². The quantitative estimate of drug-likeness (QED) is 0.734. The fourth-order valence-corrected chi connectivity index (χ4v) is 2.47. The Balaban J connectivity index is 1.81. The van der Waals surface area contributed by atoms with Gasteiger partial charge in [0.05, 0.1) is 6.61 Å². The third-order valence-electron chi connectivity index (χ3n) is 3.45. The first kappa shape index (κ1) is 10.8. The number of fused-ring (bicyclic) bond motifs is 1. The topological polar surface area (TPSA) is 35.5 Å². The third kappa shape index (κ3) is 2.07. The van der Waals surface area contributed by atoms with Crippen LogP contribution in [0.3, 0.4) is 0 Å². The molecule has 1 aromatic carbocycles. The number of benzene rings is 1. The third-order valence-corrected chi connectivity index (χ3v) is 3.45. The van der Waals surface area contributed by atoms with E-state index in [1.807, 2.05) is 18.2 Å². The van der Waals surface area contributed by atoms with Gasteiger partial charge in [-0.05, 0) is 43.0 Å². The van der Waals surface area contributed by atoms with Crippen molar-refractivity contribution in [2.45, 2.75) is 31.8 Å². The van der Waals surface area contributed by atoms with E-state index in [2.05, 4.69) is 0 Å². The molecular formula is C14H16O3. The summed E-state index contributed by atoms with van der Waals surface area (Å²) < 4.78 is 11.0. The molecule has 3 rings (SSSR count). The van der Waals surface area contributed by atoms with Crippen LogP contribution in [0, 0.1) is 0 Å². The minimum Gasteiger partial charge on any atom is -0.493 e. The smallest absolute Gasteiger partial charge is 0.191 e. The molecule has 3 nitrogen and oxygen atoms in total. The van der Waals surface area contributed by atoms with Gasteiger partial charge in [-0.25, -0.2) is 0 Å². The van der Waals surface area contributed by atoms with E-state index in [-0.39, 0.29) is 11.9 Å². The van der Waals surface area contributed by atoms with Crippen LogP contribution in [0.1, 0.15) is 35.2 Å². The van der Waals surface area contributed by atoms with Gasteiger partial charge in [0.1, 0.15) is 11.9 Å². The number of hydrogen-bond acceptors (Lipinski definition) is 3. The second-order valence-corrected chi connectivity index (χ2v) is 4.64. The molecule has 1 atom stereocenters. The Morgan fingerprint density at radius 1 is 1.24 bits per heavy atom. The number of Topliss-reactive ketones (excluding diaryl/α,β-unsaturated/α-hetero) is 1. The molecule has 0 aliphatic carbocycles. The molecule has 17 heavy (non-hydrogen) atoms. The lowest BCUT2D eigenvalue weighted by Crippen LogP contribution is -2.28. The second kappa shape index (κ2) is 4.49. The van der Waals surface area contributed by atoms with Crippen LogP contribution < -0.4 is 4.74 Å². The van der Waals surface area contributed by atoms with Gasteiger partial charge in [0, 0.05) is 18.6 Å². The Morgan fingerprint density at radius 2 is 2.18 bits per heavy atom. The predicted molar refractivity (Wildman–Crippen MR) is 63.6 cm³/mol. The minimum absolute atomic E-state index is 0.124. The highest BCUT2D eigenvalue weighted by Gasteiger charge is 2.24. The molecule has 1 aromatic rings. The van der Waals surface area contributed by atoms with Crippen LogP contribution in [-0.4, -0.2) is 25.1 Å². The van der Waals surface area contributed by atoms with Crippen LogP contribution in [0.4, 0.5) is 0 Å². The van der Waals surface area contributed by atoms with Crippen molar-refractivity contribution >= 4 is 5.78 Å². The van der Waals surface area contributed by atoms with Crippen molar-refractivity contribution in [3.8, 4) is 5.75 Å². The van der Waals surface area contributed by atoms with Gasteiger partial charge in [0.2, 0.25) is 0 Å². The molecule has 0 aromatic heterocycles. The molecule has 90 valence electrons. The van der Waals surface area contributed by atoms with E-state index < -0.39 is 0 Å². The van der Waals surface area contributed by atoms with Crippen molar-refractivity contribution in [3.63, 3.8) is 0 Å². The van der Waals surface area contributed by atoms with E-state index in [0.29, 0.717) is 6.61 Å². The van der Waals surface area contributed by atoms with Crippen LogP contribution >= 0.6 is 0 Å². The van der Waals surface area contributed by atoms with Crippen molar-refractivity contribution in [2.24, 2.45) is 0 Å².